The number of carbonyl (C=O) groups excluding carboxylic acids is 1. The van der Waals surface area contributed by atoms with E-state index >= 15 is 0 Å². The van der Waals surface area contributed by atoms with Crippen molar-refractivity contribution in [2.75, 3.05) is 11.2 Å². The van der Waals surface area contributed by atoms with E-state index in [2.05, 4.69) is 20.8 Å². The van der Waals surface area contributed by atoms with E-state index in [0.717, 1.165) is 35.1 Å². The fraction of sp³-hybridized carbons (Fsp3) is 0.333. The third kappa shape index (κ3) is 4.59. The first-order valence-electron chi connectivity index (χ1n) is 9.21. The van der Waals surface area contributed by atoms with Crippen LogP contribution in [-0.4, -0.2) is 26.5 Å². The van der Waals surface area contributed by atoms with Gasteiger partial charge in [-0.2, -0.15) is 0 Å². The van der Waals surface area contributed by atoms with Crippen molar-refractivity contribution in [2.24, 2.45) is 5.73 Å². The maximum absolute atomic E-state index is 13.2. The molecule has 2 aromatic carbocycles. The van der Waals surface area contributed by atoms with Crippen molar-refractivity contribution in [3.63, 3.8) is 0 Å². The van der Waals surface area contributed by atoms with Crippen LogP contribution in [0.15, 0.2) is 47.4 Å². The van der Waals surface area contributed by atoms with Crippen molar-refractivity contribution >= 4 is 27.4 Å². The number of hydrogen-bond acceptors (Lipinski definition) is 4. The maximum Gasteiger partial charge on any atom is 0.265 e. The molecule has 1 unspecified atom stereocenters. The summed E-state index contributed by atoms with van der Waals surface area (Å²) in [4.78, 5) is 14.4. The van der Waals surface area contributed by atoms with Gasteiger partial charge in [-0.05, 0) is 54.2 Å². The molecule has 0 heterocycles. The Morgan fingerprint density at radius 1 is 1.18 bits per heavy atom. The average Bonchev–Trinajstić information content (AvgIpc) is 2.66. The molecule has 28 heavy (non-hydrogen) atoms. The van der Waals surface area contributed by atoms with Crippen molar-refractivity contribution in [3.8, 4) is 0 Å². The van der Waals surface area contributed by atoms with Gasteiger partial charge in [-0.1, -0.05) is 39.0 Å². The molecular weight excluding hydrogens is 374 g/mol. The lowest BCUT2D eigenvalue weighted by atomic mass is 9.93. The van der Waals surface area contributed by atoms with Gasteiger partial charge in [0.25, 0.3) is 5.91 Å². The molecule has 150 valence electrons. The van der Waals surface area contributed by atoms with Crippen LogP contribution in [0.3, 0.4) is 0 Å². The fourth-order valence-corrected chi connectivity index (χ4v) is 3.65. The number of hydrogen-bond donors (Lipinski definition) is 2. The van der Waals surface area contributed by atoms with Crippen LogP contribution in [0.2, 0.25) is 0 Å². The fourth-order valence-electron chi connectivity index (χ4n) is 2.98. The van der Waals surface area contributed by atoms with Crippen LogP contribution in [0.5, 0.6) is 0 Å². The Morgan fingerprint density at radius 2 is 1.86 bits per heavy atom. The zero-order chi connectivity index (χ0) is 21.1. The summed E-state index contributed by atoms with van der Waals surface area (Å²) in [7, 11) is -3.46. The van der Waals surface area contributed by atoms with Gasteiger partial charge in [-0.25, -0.2) is 13.3 Å². The minimum Gasteiger partial charge on any atom is -0.369 e. The van der Waals surface area contributed by atoms with Crippen LogP contribution < -0.4 is 10.6 Å². The quantitative estimate of drug-likeness (QED) is 0.569. The SMILES string of the molecule is CCc1ccc(N(C(=N)N)C(=O)c2cccc(S(C)(=O)=O)c2)c(C(C)CC)c1. The number of carbonyl (C=O) groups is 1. The highest BCUT2D eigenvalue weighted by Crippen LogP contribution is 2.32. The summed E-state index contributed by atoms with van der Waals surface area (Å²) in [5.74, 6) is -0.783. The van der Waals surface area contributed by atoms with Gasteiger partial charge < -0.3 is 5.73 Å². The highest BCUT2D eigenvalue weighted by atomic mass is 32.2. The number of rotatable bonds is 6. The lowest BCUT2D eigenvalue weighted by molar-refractivity contribution is 0.100. The molecule has 0 aliphatic rings. The minimum atomic E-state index is -3.46. The Bertz CT molecular complexity index is 1000. The Labute approximate surface area is 166 Å². The van der Waals surface area contributed by atoms with Gasteiger partial charge in [0.2, 0.25) is 0 Å². The molecule has 1 amide bonds. The summed E-state index contributed by atoms with van der Waals surface area (Å²) in [6, 6.07) is 11.5. The molecule has 0 saturated carbocycles. The van der Waals surface area contributed by atoms with Crippen molar-refractivity contribution in [2.45, 2.75) is 44.4 Å². The molecule has 7 heteroatoms. The van der Waals surface area contributed by atoms with E-state index in [4.69, 9.17) is 11.1 Å². The number of nitrogens with two attached hydrogens (primary N) is 1. The first-order valence-corrected chi connectivity index (χ1v) is 11.1. The second-order valence-electron chi connectivity index (χ2n) is 6.88. The number of amides is 1. The molecule has 0 aromatic heterocycles. The van der Waals surface area contributed by atoms with Gasteiger partial charge in [-0.15, -0.1) is 0 Å². The smallest absolute Gasteiger partial charge is 0.265 e. The summed E-state index contributed by atoms with van der Waals surface area (Å²) < 4.78 is 23.7. The lowest BCUT2D eigenvalue weighted by Gasteiger charge is -2.26. The Balaban J connectivity index is 2.61. The normalized spacial score (nSPS) is 12.4. The van der Waals surface area contributed by atoms with Crippen LogP contribution in [-0.2, 0) is 16.3 Å². The van der Waals surface area contributed by atoms with E-state index in [9.17, 15) is 13.2 Å². The molecule has 0 fully saturated rings. The van der Waals surface area contributed by atoms with Crippen LogP contribution in [0.1, 0.15) is 54.6 Å². The molecule has 0 spiro atoms. The maximum atomic E-state index is 13.2. The van der Waals surface area contributed by atoms with Gasteiger partial charge >= 0.3 is 0 Å². The molecule has 0 radical (unpaired) electrons. The summed E-state index contributed by atoms with van der Waals surface area (Å²) in [5, 5.41) is 8.00. The minimum absolute atomic E-state index is 0.0466. The summed E-state index contributed by atoms with van der Waals surface area (Å²) in [6.45, 7) is 6.17. The third-order valence-corrected chi connectivity index (χ3v) is 5.95. The number of nitrogens with zero attached hydrogens (tertiary/aromatic N) is 1. The van der Waals surface area contributed by atoms with Gasteiger partial charge in [-0.3, -0.25) is 10.2 Å². The van der Waals surface area contributed by atoms with Crippen LogP contribution in [0.25, 0.3) is 0 Å². The largest absolute Gasteiger partial charge is 0.369 e. The molecule has 2 aromatic rings. The number of anilines is 1. The molecule has 2 rings (SSSR count). The molecule has 0 bridgehead atoms. The van der Waals surface area contributed by atoms with E-state index in [1.54, 1.807) is 6.07 Å². The Morgan fingerprint density at radius 3 is 2.39 bits per heavy atom. The predicted octanol–water partition coefficient (Wildman–Crippen LogP) is 3.71. The lowest BCUT2D eigenvalue weighted by Crippen LogP contribution is -2.42. The summed E-state index contributed by atoms with van der Waals surface area (Å²) in [5.41, 5.74) is 8.56. The van der Waals surface area contributed by atoms with Crippen molar-refractivity contribution < 1.29 is 13.2 Å². The molecule has 3 N–H and O–H groups in total. The van der Waals surface area contributed by atoms with E-state index in [-0.39, 0.29) is 16.4 Å². The van der Waals surface area contributed by atoms with E-state index in [0.29, 0.717) is 5.69 Å². The molecule has 6 nitrogen and oxygen atoms in total. The Hall–Kier alpha value is -2.67. The highest BCUT2D eigenvalue weighted by molar-refractivity contribution is 7.90. The monoisotopic (exact) mass is 401 g/mol. The average molecular weight is 402 g/mol. The molecule has 1 atom stereocenters. The predicted molar refractivity (Wildman–Crippen MR) is 113 cm³/mol. The van der Waals surface area contributed by atoms with Crippen molar-refractivity contribution in [1.82, 2.24) is 0 Å². The summed E-state index contributed by atoms with van der Waals surface area (Å²) >= 11 is 0. The van der Waals surface area contributed by atoms with Gasteiger partial charge in [0, 0.05) is 11.8 Å². The number of guanidine groups is 1. The van der Waals surface area contributed by atoms with E-state index < -0.39 is 21.7 Å². The van der Waals surface area contributed by atoms with E-state index in [1.165, 1.54) is 24.3 Å². The summed E-state index contributed by atoms with van der Waals surface area (Å²) in [6.07, 6.45) is 2.81. The standard InChI is InChI=1S/C21H27N3O3S/c1-5-14(3)18-12-15(6-2)10-11-19(18)24(21(22)23)20(25)16-8-7-9-17(13-16)28(4,26)27/h7-14H,5-6H2,1-4H3,(H3,22,23). The van der Waals surface area contributed by atoms with Gasteiger partial charge in [0.05, 0.1) is 10.6 Å². The first-order chi connectivity index (χ1) is 13.1. The number of nitrogens with one attached hydrogen (secondary N) is 1. The molecule has 0 aliphatic heterocycles. The topological polar surface area (TPSA) is 104 Å². The number of benzene rings is 2. The number of aryl methyl sites for hydroxylation is 1. The third-order valence-electron chi connectivity index (χ3n) is 4.84. The van der Waals surface area contributed by atoms with Crippen LogP contribution in [0.4, 0.5) is 5.69 Å². The van der Waals surface area contributed by atoms with Crippen LogP contribution >= 0.6 is 0 Å². The molecule has 0 saturated heterocycles. The zero-order valence-corrected chi connectivity index (χ0v) is 17.5. The second-order valence-corrected chi connectivity index (χ2v) is 8.90. The molecular formula is C21H27N3O3S. The van der Waals surface area contributed by atoms with E-state index in [1.807, 2.05) is 12.1 Å². The van der Waals surface area contributed by atoms with Crippen molar-refractivity contribution in [3.05, 3.63) is 59.2 Å². The second kappa shape index (κ2) is 8.56. The Kier molecular flexibility index (Phi) is 6.61. The van der Waals surface area contributed by atoms with Gasteiger partial charge in [0.1, 0.15) is 0 Å². The number of sulfone groups is 1. The highest BCUT2D eigenvalue weighted by Gasteiger charge is 2.25. The first kappa shape index (κ1) is 21.6. The van der Waals surface area contributed by atoms with Crippen LogP contribution in [0, 0.1) is 5.41 Å². The van der Waals surface area contributed by atoms with Gasteiger partial charge in [0.15, 0.2) is 15.8 Å². The van der Waals surface area contributed by atoms with Crippen molar-refractivity contribution in [1.29, 1.82) is 5.41 Å². The molecule has 0 aliphatic carbocycles. The zero-order valence-electron chi connectivity index (χ0n) is 16.7.